The van der Waals surface area contributed by atoms with Gasteiger partial charge in [-0.25, -0.2) is 15.0 Å². The van der Waals surface area contributed by atoms with Crippen molar-refractivity contribution in [2.75, 3.05) is 17.6 Å². The van der Waals surface area contributed by atoms with Gasteiger partial charge in [0.1, 0.15) is 23.0 Å². The summed E-state index contributed by atoms with van der Waals surface area (Å²) >= 11 is 7.60. The van der Waals surface area contributed by atoms with E-state index in [0.29, 0.717) is 17.4 Å². The average Bonchev–Trinajstić information content (AvgIpc) is 2.70. The molecule has 17 heavy (non-hydrogen) atoms. The third kappa shape index (κ3) is 3.04. The molecule has 0 radical (unpaired) electrons. The third-order valence-electron chi connectivity index (χ3n) is 2.16. The van der Waals surface area contributed by atoms with Crippen LogP contribution in [0.5, 0.6) is 0 Å². The van der Waals surface area contributed by atoms with Gasteiger partial charge in [0.05, 0.1) is 10.7 Å². The molecule has 0 aliphatic rings. The number of aromatic nitrogens is 3. The maximum absolute atomic E-state index is 5.95. The number of hydrogen-bond acceptors (Lipinski definition) is 6. The normalized spacial score (nSPS) is 10.5. The molecule has 0 bridgehead atoms. The molecule has 0 amide bonds. The molecule has 0 atom stereocenters. The van der Waals surface area contributed by atoms with Crippen molar-refractivity contribution in [3.05, 3.63) is 27.4 Å². The summed E-state index contributed by atoms with van der Waals surface area (Å²) in [5.41, 5.74) is 6.64. The Hall–Kier alpha value is -1.40. The summed E-state index contributed by atoms with van der Waals surface area (Å²) < 4.78 is 0. The topological polar surface area (TPSA) is 76.7 Å². The number of aryl methyl sites for hydroxylation is 1. The first-order chi connectivity index (χ1) is 8.16. The summed E-state index contributed by atoms with van der Waals surface area (Å²) in [4.78, 5) is 12.2. The van der Waals surface area contributed by atoms with E-state index in [-0.39, 0.29) is 5.82 Å². The summed E-state index contributed by atoms with van der Waals surface area (Å²) in [5.74, 6) is 0.847. The Balaban J connectivity index is 1.92. The van der Waals surface area contributed by atoms with Gasteiger partial charge in [0.25, 0.3) is 0 Å². The Kier molecular flexibility index (Phi) is 3.75. The number of nitrogens with two attached hydrogens (primary N) is 1. The minimum absolute atomic E-state index is 0.286. The second-order valence-corrected chi connectivity index (χ2v) is 4.90. The Morgan fingerprint density at radius 2 is 2.29 bits per heavy atom. The van der Waals surface area contributed by atoms with Gasteiger partial charge in [-0.15, -0.1) is 11.3 Å². The number of rotatable bonds is 4. The second-order valence-electron chi connectivity index (χ2n) is 3.46. The van der Waals surface area contributed by atoms with Gasteiger partial charge in [0, 0.05) is 18.3 Å². The van der Waals surface area contributed by atoms with E-state index in [2.05, 4.69) is 20.3 Å². The van der Waals surface area contributed by atoms with E-state index in [1.807, 2.05) is 12.3 Å². The van der Waals surface area contributed by atoms with Crippen LogP contribution >= 0.6 is 22.9 Å². The van der Waals surface area contributed by atoms with E-state index in [1.165, 1.54) is 6.33 Å². The van der Waals surface area contributed by atoms with E-state index in [1.54, 1.807) is 11.3 Å². The lowest BCUT2D eigenvalue weighted by Gasteiger charge is -2.06. The molecule has 0 aliphatic heterocycles. The fraction of sp³-hybridized carbons (Fsp3) is 0.300. The molecule has 3 N–H and O–H groups in total. The summed E-state index contributed by atoms with van der Waals surface area (Å²) in [5, 5.41) is 6.60. The first-order valence-corrected chi connectivity index (χ1v) is 6.33. The highest BCUT2D eigenvalue weighted by Crippen LogP contribution is 2.22. The molecule has 0 saturated heterocycles. The smallest absolute Gasteiger partial charge is 0.150 e. The predicted octanol–water partition coefficient (Wildman–Crippen LogP) is 2.13. The minimum Gasteiger partial charge on any atom is -0.382 e. The van der Waals surface area contributed by atoms with Crippen LogP contribution in [0.1, 0.15) is 10.7 Å². The van der Waals surface area contributed by atoms with Crippen LogP contribution in [0, 0.1) is 6.92 Å². The molecular weight excluding hydrogens is 258 g/mol. The van der Waals surface area contributed by atoms with Crippen molar-refractivity contribution < 1.29 is 0 Å². The predicted molar refractivity (Wildman–Crippen MR) is 70.5 cm³/mol. The van der Waals surface area contributed by atoms with Crippen LogP contribution in [-0.2, 0) is 6.42 Å². The van der Waals surface area contributed by atoms with Crippen molar-refractivity contribution in [3.8, 4) is 0 Å². The number of nitrogens with one attached hydrogen (secondary N) is 1. The molecule has 2 aromatic rings. The summed E-state index contributed by atoms with van der Waals surface area (Å²) in [6.45, 7) is 2.70. The number of nitrogen functional groups attached to an aromatic ring is 1. The molecule has 0 unspecified atom stereocenters. The van der Waals surface area contributed by atoms with Gasteiger partial charge in [-0.2, -0.15) is 0 Å². The Morgan fingerprint density at radius 3 is 3.00 bits per heavy atom. The quantitative estimate of drug-likeness (QED) is 0.889. The van der Waals surface area contributed by atoms with Gasteiger partial charge in [0.2, 0.25) is 0 Å². The van der Waals surface area contributed by atoms with Crippen LogP contribution in [0.15, 0.2) is 11.7 Å². The van der Waals surface area contributed by atoms with Gasteiger partial charge < -0.3 is 11.1 Å². The highest BCUT2D eigenvalue weighted by molar-refractivity contribution is 7.09. The van der Waals surface area contributed by atoms with E-state index < -0.39 is 0 Å². The zero-order chi connectivity index (χ0) is 12.3. The SMILES string of the molecule is Cc1nc(CCNc2ncnc(N)c2Cl)cs1. The number of anilines is 2. The maximum Gasteiger partial charge on any atom is 0.150 e. The molecule has 2 rings (SSSR count). The van der Waals surface area contributed by atoms with Gasteiger partial charge >= 0.3 is 0 Å². The Morgan fingerprint density at radius 1 is 1.47 bits per heavy atom. The van der Waals surface area contributed by atoms with Crippen molar-refractivity contribution in [1.82, 2.24) is 15.0 Å². The lowest BCUT2D eigenvalue weighted by molar-refractivity contribution is 0.957. The van der Waals surface area contributed by atoms with Crippen LogP contribution in [0.4, 0.5) is 11.6 Å². The molecule has 0 saturated carbocycles. The Labute approximate surface area is 108 Å². The van der Waals surface area contributed by atoms with Gasteiger partial charge in [-0.3, -0.25) is 0 Å². The molecule has 5 nitrogen and oxygen atoms in total. The van der Waals surface area contributed by atoms with E-state index in [0.717, 1.165) is 17.1 Å². The number of hydrogen-bond donors (Lipinski definition) is 2. The standard InChI is InChI=1S/C10H12ClN5S/c1-6-16-7(4-17-6)2-3-13-10-8(11)9(12)14-5-15-10/h4-5H,2-3H2,1H3,(H3,12,13,14,15). The van der Waals surface area contributed by atoms with Crippen LogP contribution in [0.25, 0.3) is 0 Å². The largest absolute Gasteiger partial charge is 0.382 e. The average molecular weight is 270 g/mol. The molecule has 0 fully saturated rings. The molecule has 90 valence electrons. The zero-order valence-electron chi connectivity index (χ0n) is 9.27. The van der Waals surface area contributed by atoms with Gasteiger partial charge in [-0.1, -0.05) is 11.6 Å². The van der Waals surface area contributed by atoms with E-state index in [9.17, 15) is 0 Å². The van der Waals surface area contributed by atoms with Crippen LogP contribution in [-0.4, -0.2) is 21.5 Å². The fourth-order valence-electron chi connectivity index (χ4n) is 1.34. The van der Waals surface area contributed by atoms with Crippen molar-refractivity contribution in [3.63, 3.8) is 0 Å². The monoisotopic (exact) mass is 269 g/mol. The molecule has 2 aromatic heterocycles. The lowest BCUT2D eigenvalue weighted by Crippen LogP contribution is -2.08. The molecule has 7 heteroatoms. The molecular formula is C10H12ClN5S. The highest BCUT2D eigenvalue weighted by Gasteiger charge is 2.05. The van der Waals surface area contributed by atoms with E-state index in [4.69, 9.17) is 17.3 Å². The van der Waals surface area contributed by atoms with Crippen LogP contribution in [0.2, 0.25) is 5.02 Å². The summed E-state index contributed by atoms with van der Waals surface area (Å²) in [7, 11) is 0. The number of halogens is 1. The van der Waals surface area contributed by atoms with Crippen LogP contribution < -0.4 is 11.1 Å². The maximum atomic E-state index is 5.95. The summed E-state index contributed by atoms with van der Waals surface area (Å²) in [6.07, 6.45) is 2.21. The first kappa shape index (κ1) is 12.1. The van der Waals surface area contributed by atoms with Crippen molar-refractivity contribution in [2.24, 2.45) is 0 Å². The minimum atomic E-state index is 0.286. The Bertz CT molecular complexity index is 513. The molecule has 0 aromatic carbocycles. The van der Waals surface area contributed by atoms with Crippen molar-refractivity contribution >= 4 is 34.6 Å². The number of thiazole rings is 1. The zero-order valence-corrected chi connectivity index (χ0v) is 10.8. The molecule has 0 aliphatic carbocycles. The van der Waals surface area contributed by atoms with Gasteiger partial charge in [0.15, 0.2) is 0 Å². The molecule has 2 heterocycles. The second kappa shape index (κ2) is 5.29. The van der Waals surface area contributed by atoms with Crippen LogP contribution in [0.3, 0.4) is 0 Å². The third-order valence-corrected chi connectivity index (χ3v) is 3.35. The first-order valence-electron chi connectivity index (χ1n) is 5.07. The molecule has 0 spiro atoms. The fourth-order valence-corrected chi connectivity index (χ4v) is 2.15. The van der Waals surface area contributed by atoms with Crippen molar-refractivity contribution in [1.29, 1.82) is 0 Å². The summed E-state index contributed by atoms with van der Waals surface area (Å²) in [6, 6.07) is 0. The van der Waals surface area contributed by atoms with Crippen molar-refractivity contribution in [2.45, 2.75) is 13.3 Å². The van der Waals surface area contributed by atoms with E-state index >= 15 is 0 Å². The number of nitrogens with zero attached hydrogens (tertiary/aromatic N) is 3. The highest BCUT2D eigenvalue weighted by atomic mass is 35.5. The lowest BCUT2D eigenvalue weighted by atomic mass is 10.3. The van der Waals surface area contributed by atoms with Gasteiger partial charge in [-0.05, 0) is 6.92 Å².